The molecule has 2 aromatic heterocycles. The molecule has 8 heteroatoms. The Morgan fingerprint density at radius 2 is 2.13 bits per heavy atom. The van der Waals surface area contributed by atoms with Crippen molar-refractivity contribution in [2.75, 3.05) is 13.1 Å². The molecule has 1 amide bonds. The fraction of sp³-hybridized carbons (Fsp3) is 0.400. The van der Waals surface area contributed by atoms with Crippen molar-refractivity contribution in [1.82, 2.24) is 25.2 Å². The molecular weight excluding hydrogens is 337 g/mol. The minimum absolute atomic E-state index is 0. The normalized spacial score (nSPS) is 12.9. The third-order valence-corrected chi connectivity index (χ3v) is 3.48. The van der Waals surface area contributed by atoms with E-state index in [0.717, 1.165) is 23.8 Å². The molecule has 1 saturated carbocycles. The van der Waals surface area contributed by atoms with E-state index in [1.807, 2.05) is 22.9 Å². The Morgan fingerprint density at radius 1 is 1.30 bits per heavy atom. The minimum atomic E-state index is 0. The second-order valence-corrected chi connectivity index (χ2v) is 5.34. The van der Waals surface area contributed by atoms with Crippen LogP contribution >= 0.6 is 24.8 Å². The number of aromatic nitrogens is 3. The maximum Gasteiger partial charge on any atom is 0.234 e. The number of amides is 1. The number of nitrogens with one attached hydrogen (secondary N) is 2. The van der Waals surface area contributed by atoms with Gasteiger partial charge in [-0.1, -0.05) is 0 Å². The van der Waals surface area contributed by atoms with Gasteiger partial charge in [0.25, 0.3) is 0 Å². The second-order valence-electron chi connectivity index (χ2n) is 5.34. The van der Waals surface area contributed by atoms with E-state index >= 15 is 0 Å². The summed E-state index contributed by atoms with van der Waals surface area (Å²) >= 11 is 0. The second kappa shape index (κ2) is 9.50. The molecule has 1 aliphatic carbocycles. The third-order valence-electron chi connectivity index (χ3n) is 3.48. The Kier molecular flexibility index (Phi) is 8.02. The van der Waals surface area contributed by atoms with Gasteiger partial charge in [0.15, 0.2) is 0 Å². The first-order valence-electron chi connectivity index (χ1n) is 7.22. The number of carbonyl (C=O) groups excluding carboxylic acids is 1. The molecule has 6 nitrogen and oxygen atoms in total. The molecule has 0 unspecified atom stereocenters. The van der Waals surface area contributed by atoms with Gasteiger partial charge < -0.3 is 10.6 Å². The van der Waals surface area contributed by atoms with Crippen LogP contribution in [0.3, 0.4) is 0 Å². The van der Waals surface area contributed by atoms with Crippen molar-refractivity contribution in [2.24, 2.45) is 5.92 Å². The molecule has 1 fully saturated rings. The highest BCUT2D eigenvalue weighted by Crippen LogP contribution is 2.27. The summed E-state index contributed by atoms with van der Waals surface area (Å²) in [6.45, 7) is 1.84. The lowest BCUT2D eigenvalue weighted by molar-refractivity contribution is -0.120. The topological polar surface area (TPSA) is 71.8 Å². The zero-order chi connectivity index (χ0) is 14.5. The molecule has 0 radical (unpaired) electrons. The van der Waals surface area contributed by atoms with Gasteiger partial charge in [-0.05, 0) is 43.0 Å². The number of rotatable bonds is 7. The van der Waals surface area contributed by atoms with Gasteiger partial charge in [0.1, 0.15) is 12.1 Å². The quantitative estimate of drug-likeness (QED) is 0.791. The highest BCUT2D eigenvalue weighted by atomic mass is 35.5. The van der Waals surface area contributed by atoms with Crippen LogP contribution in [0.2, 0.25) is 0 Å². The van der Waals surface area contributed by atoms with Gasteiger partial charge in [-0.2, -0.15) is 0 Å². The fourth-order valence-corrected chi connectivity index (χ4v) is 2.08. The van der Waals surface area contributed by atoms with Gasteiger partial charge >= 0.3 is 0 Å². The predicted molar refractivity (Wildman–Crippen MR) is 93.3 cm³/mol. The van der Waals surface area contributed by atoms with Crippen molar-refractivity contribution in [3.8, 4) is 5.82 Å². The van der Waals surface area contributed by atoms with E-state index in [1.54, 1.807) is 18.7 Å². The Hall–Kier alpha value is -1.63. The molecule has 2 aromatic rings. The summed E-state index contributed by atoms with van der Waals surface area (Å²) in [5, 5.41) is 6.09. The highest BCUT2D eigenvalue weighted by molar-refractivity contribution is 5.85. The van der Waals surface area contributed by atoms with Crippen LogP contribution < -0.4 is 10.6 Å². The van der Waals surface area contributed by atoms with Crippen molar-refractivity contribution in [3.63, 3.8) is 0 Å². The molecule has 0 atom stereocenters. The molecular formula is C15H21Cl2N5O. The first-order valence-corrected chi connectivity index (χ1v) is 7.22. The van der Waals surface area contributed by atoms with E-state index in [-0.39, 0.29) is 30.7 Å². The lowest BCUT2D eigenvalue weighted by Gasteiger charge is -2.08. The zero-order valence-electron chi connectivity index (χ0n) is 12.6. The van der Waals surface area contributed by atoms with Crippen molar-refractivity contribution in [1.29, 1.82) is 0 Å². The summed E-state index contributed by atoms with van der Waals surface area (Å²) < 4.78 is 1.84. The smallest absolute Gasteiger partial charge is 0.234 e. The number of hydrogen-bond donors (Lipinski definition) is 2. The van der Waals surface area contributed by atoms with Gasteiger partial charge in [-0.15, -0.1) is 24.8 Å². The van der Waals surface area contributed by atoms with Gasteiger partial charge in [0.2, 0.25) is 5.91 Å². The first-order chi connectivity index (χ1) is 10.3. The Labute approximate surface area is 147 Å². The molecule has 0 aliphatic heterocycles. The van der Waals surface area contributed by atoms with Crippen molar-refractivity contribution in [2.45, 2.75) is 19.4 Å². The predicted octanol–water partition coefficient (Wildman–Crippen LogP) is 1.73. The van der Waals surface area contributed by atoms with E-state index in [9.17, 15) is 4.79 Å². The van der Waals surface area contributed by atoms with Crippen molar-refractivity contribution in [3.05, 3.63) is 42.6 Å². The zero-order valence-corrected chi connectivity index (χ0v) is 14.3. The summed E-state index contributed by atoms with van der Waals surface area (Å²) in [6, 6.07) is 3.85. The molecule has 0 bridgehead atoms. The number of halogens is 2. The molecule has 3 rings (SSSR count). The van der Waals surface area contributed by atoms with E-state index < -0.39 is 0 Å². The van der Waals surface area contributed by atoms with Crippen LogP contribution in [0.1, 0.15) is 18.4 Å². The Bertz CT molecular complexity index is 602. The maximum atomic E-state index is 11.7. The van der Waals surface area contributed by atoms with Crippen LogP contribution in [0.15, 0.2) is 37.1 Å². The van der Waals surface area contributed by atoms with Crippen LogP contribution in [-0.2, 0) is 11.3 Å². The van der Waals surface area contributed by atoms with Gasteiger partial charge in [0, 0.05) is 25.1 Å². The van der Waals surface area contributed by atoms with Crippen LogP contribution in [-0.4, -0.2) is 33.5 Å². The monoisotopic (exact) mass is 357 g/mol. The van der Waals surface area contributed by atoms with E-state index in [0.29, 0.717) is 13.1 Å². The van der Waals surface area contributed by atoms with E-state index in [4.69, 9.17) is 0 Å². The largest absolute Gasteiger partial charge is 0.351 e. The SMILES string of the molecule is Cl.Cl.O=C(CNCC1CC1)NCc1ccnc(-n2ccnc2)c1. The molecule has 2 N–H and O–H groups in total. The van der Waals surface area contributed by atoms with Crippen LogP contribution in [0.5, 0.6) is 0 Å². The number of hydrogen-bond acceptors (Lipinski definition) is 4. The molecule has 23 heavy (non-hydrogen) atoms. The Balaban J connectivity index is 0.00000132. The number of imidazole rings is 1. The first kappa shape index (κ1) is 19.4. The van der Waals surface area contributed by atoms with Gasteiger partial charge in [-0.3, -0.25) is 9.36 Å². The average molecular weight is 358 g/mol. The van der Waals surface area contributed by atoms with E-state index in [1.165, 1.54) is 12.8 Å². The number of pyridine rings is 1. The van der Waals surface area contributed by atoms with Crippen LogP contribution in [0.25, 0.3) is 5.82 Å². The third kappa shape index (κ3) is 6.17. The molecule has 126 valence electrons. The minimum Gasteiger partial charge on any atom is -0.351 e. The summed E-state index contributed by atoms with van der Waals surface area (Å²) in [6.07, 6.45) is 9.58. The standard InChI is InChI=1S/C15H19N5O.2ClH/c21-15(10-17-8-12-1-2-12)19-9-13-3-4-18-14(7-13)20-6-5-16-11-20;;/h3-7,11-12,17H,1-2,8-10H2,(H,19,21);2*1H. The fourth-order valence-electron chi connectivity index (χ4n) is 2.08. The number of carbonyl (C=O) groups is 1. The highest BCUT2D eigenvalue weighted by Gasteiger charge is 2.20. The van der Waals surface area contributed by atoms with E-state index in [2.05, 4.69) is 20.6 Å². The molecule has 0 aromatic carbocycles. The van der Waals surface area contributed by atoms with Gasteiger partial charge in [-0.25, -0.2) is 9.97 Å². The average Bonchev–Trinajstić information content (AvgIpc) is 3.16. The molecule has 2 heterocycles. The Morgan fingerprint density at radius 3 is 2.83 bits per heavy atom. The molecule has 0 spiro atoms. The maximum absolute atomic E-state index is 11.7. The van der Waals surface area contributed by atoms with Gasteiger partial charge in [0.05, 0.1) is 6.54 Å². The number of nitrogens with zero attached hydrogens (tertiary/aromatic N) is 3. The van der Waals surface area contributed by atoms with Crippen molar-refractivity contribution < 1.29 is 4.79 Å². The molecule has 0 saturated heterocycles. The summed E-state index contributed by atoms with van der Waals surface area (Å²) in [5.41, 5.74) is 1.02. The summed E-state index contributed by atoms with van der Waals surface area (Å²) in [4.78, 5) is 20.0. The molecule has 1 aliphatic rings. The van der Waals surface area contributed by atoms with Crippen LogP contribution in [0, 0.1) is 5.92 Å². The van der Waals surface area contributed by atoms with Crippen molar-refractivity contribution >= 4 is 30.7 Å². The van der Waals surface area contributed by atoms with Crippen LogP contribution in [0.4, 0.5) is 0 Å². The lowest BCUT2D eigenvalue weighted by atomic mass is 10.2. The summed E-state index contributed by atoms with van der Waals surface area (Å²) in [5.74, 6) is 1.61. The summed E-state index contributed by atoms with van der Waals surface area (Å²) in [7, 11) is 0. The lowest BCUT2D eigenvalue weighted by Crippen LogP contribution is -2.34.